The number of nitrogens with zero attached hydrogens (tertiary/aromatic N) is 1. The van der Waals surface area contributed by atoms with Crippen LogP contribution in [0.25, 0.3) is 0 Å². The van der Waals surface area contributed by atoms with Crippen LogP contribution in [0.5, 0.6) is 11.5 Å². The molecular formula is C14H22N2O7S2. The Bertz CT molecular complexity index is 824. The molecule has 25 heavy (non-hydrogen) atoms. The zero-order valence-corrected chi connectivity index (χ0v) is 15.6. The highest BCUT2D eigenvalue weighted by molar-refractivity contribution is 7.92. The van der Waals surface area contributed by atoms with E-state index in [0.29, 0.717) is 5.75 Å². The van der Waals surface area contributed by atoms with Gasteiger partial charge in [0, 0.05) is 19.2 Å². The molecule has 0 aliphatic carbocycles. The van der Waals surface area contributed by atoms with Gasteiger partial charge in [-0.1, -0.05) is 0 Å². The second kappa shape index (κ2) is 7.46. The van der Waals surface area contributed by atoms with Gasteiger partial charge in [-0.25, -0.2) is 16.8 Å². The highest BCUT2D eigenvalue weighted by atomic mass is 32.2. The van der Waals surface area contributed by atoms with E-state index in [2.05, 4.69) is 0 Å². The fourth-order valence-electron chi connectivity index (χ4n) is 2.79. The molecule has 1 aromatic rings. The number of sulfonamides is 1. The molecule has 0 saturated carbocycles. The molecule has 2 atom stereocenters. The maximum absolute atomic E-state index is 13.1. The van der Waals surface area contributed by atoms with Crippen LogP contribution in [0.4, 0.5) is 0 Å². The van der Waals surface area contributed by atoms with Gasteiger partial charge in [0.25, 0.3) is 0 Å². The van der Waals surface area contributed by atoms with Crippen molar-refractivity contribution in [3.8, 4) is 11.5 Å². The van der Waals surface area contributed by atoms with Crippen molar-refractivity contribution in [1.82, 2.24) is 4.31 Å². The summed E-state index contributed by atoms with van der Waals surface area (Å²) in [7, 11) is -4.92. The number of aliphatic hydroxyl groups excluding tert-OH is 1. The molecule has 0 bridgehead atoms. The minimum Gasteiger partial charge on any atom is -0.497 e. The van der Waals surface area contributed by atoms with Gasteiger partial charge in [-0.05, 0) is 12.1 Å². The molecule has 0 radical (unpaired) electrons. The quantitative estimate of drug-likeness (QED) is 0.589. The molecule has 11 heteroatoms. The lowest BCUT2D eigenvalue weighted by atomic mass is 10.2. The molecule has 1 aliphatic heterocycles. The molecular weight excluding hydrogens is 372 g/mol. The molecule has 3 N–H and O–H groups in total. The number of methoxy groups -OCH3 is 2. The molecule has 1 heterocycles. The Hall–Kier alpha value is -1.40. The van der Waals surface area contributed by atoms with Crippen molar-refractivity contribution >= 4 is 19.9 Å². The minimum absolute atomic E-state index is 0.0268. The average molecular weight is 394 g/mol. The smallest absolute Gasteiger partial charge is 0.247 e. The van der Waals surface area contributed by atoms with Gasteiger partial charge < -0.3 is 20.3 Å². The van der Waals surface area contributed by atoms with Crippen LogP contribution in [0, 0.1) is 0 Å². The van der Waals surface area contributed by atoms with E-state index in [4.69, 9.17) is 15.2 Å². The molecule has 1 fully saturated rings. The summed E-state index contributed by atoms with van der Waals surface area (Å²) in [6.07, 6.45) is -1.31. The third kappa shape index (κ3) is 4.06. The van der Waals surface area contributed by atoms with Gasteiger partial charge >= 0.3 is 0 Å². The zero-order chi connectivity index (χ0) is 18.8. The molecule has 1 saturated heterocycles. The molecule has 9 nitrogen and oxygen atoms in total. The molecule has 142 valence electrons. The first-order valence-corrected chi connectivity index (χ1v) is 10.7. The first-order chi connectivity index (χ1) is 11.7. The Balaban J connectivity index is 2.50. The molecule has 1 aliphatic rings. The van der Waals surface area contributed by atoms with Crippen molar-refractivity contribution in [2.45, 2.75) is 17.0 Å². The van der Waals surface area contributed by atoms with Crippen molar-refractivity contribution in [3.63, 3.8) is 0 Å². The van der Waals surface area contributed by atoms with Gasteiger partial charge in [-0.3, -0.25) is 0 Å². The van der Waals surface area contributed by atoms with Gasteiger partial charge in [0.1, 0.15) is 16.4 Å². The normalized spacial score (nSPS) is 22.9. The SMILES string of the molecule is COc1ccc(S(=O)(=O)N(CCN)[C@H]2CS(=O)(=O)C[C@H]2O)c(OC)c1. The Morgan fingerprint density at radius 3 is 2.44 bits per heavy atom. The summed E-state index contributed by atoms with van der Waals surface area (Å²) in [6, 6.07) is 3.09. The van der Waals surface area contributed by atoms with E-state index >= 15 is 0 Å². The van der Waals surface area contributed by atoms with Crippen LogP contribution in [-0.4, -0.2) is 77.2 Å². The van der Waals surface area contributed by atoms with Crippen molar-refractivity contribution in [2.75, 3.05) is 38.8 Å². The highest BCUT2D eigenvalue weighted by Gasteiger charge is 2.45. The van der Waals surface area contributed by atoms with E-state index in [0.717, 1.165) is 4.31 Å². The molecule has 0 aromatic heterocycles. The van der Waals surface area contributed by atoms with Crippen LogP contribution in [0.3, 0.4) is 0 Å². The summed E-state index contributed by atoms with van der Waals surface area (Å²) in [6.45, 7) is -0.157. The Morgan fingerprint density at radius 2 is 1.96 bits per heavy atom. The fraction of sp³-hybridized carbons (Fsp3) is 0.571. The molecule has 1 aromatic carbocycles. The Morgan fingerprint density at radius 1 is 1.28 bits per heavy atom. The lowest BCUT2D eigenvalue weighted by Crippen LogP contribution is -2.48. The van der Waals surface area contributed by atoms with Crippen LogP contribution in [0.2, 0.25) is 0 Å². The predicted molar refractivity (Wildman–Crippen MR) is 90.9 cm³/mol. The number of aliphatic hydroxyl groups is 1. The Labute approximate surface area is 147 Å². The number of nitrogens with two attached hydrogens (primary N) is 1. The first-order valence-electron chi connectivity index (χ1n) is 7.48. The second-order valence-electron chi connectivity index (χ2n) is 5.63. The maximum Gasteiger partial charge on any atom is 0.247 e. The standard InChI is InChI=1S/C14H22N2O7S2/c1-22-10-3-4-14(13(7-10)23-2)25(20,21)16(6-5-15)11-8-24(18,19)9-12(11)17/h3-4,7,11-12,17H,5-6,8-9,15H2,1-2H3/t11-,12+/m0/s1. The lowest BCUT2D eigenvalue weighted by Gasteiger charge is -2.29. The summed E-state index contributed by atoms with van der Waals surface area (Å²) >= 11 is 0. The lowest BCUT2D eigenvalue weighted by molar-refractivity contribution is 0.129. The van der Waals surface area contributed by atoms with E-state index in [1.807, 2.05) is 0 Å². The monoisotopic (exact) mass is 394 g/mol. The van der Waals surface area contributed by atoms with Crippen LogP contribution in [-0.2, 0) is 19.9 Å². The van der Waals surface area contributed by atoms with Crippen LogP contribution < -0.4 is 15.2 Å². The number of benzene rings is 1. The van der Waals surface area contributed by atoms with Gasteiger partial charge in [0.2, 0.25) is 10.0 Å². The van der Waals surface area contributed by atoms with Crippen molar-refractivity contribution < 1.29 is 31.4 Å². The highest BCUT2D eigenvalue weighted by Crippen LogP contribution is 2.33. The third-order valence-electron chi connectivity index (χ3n) is 3.97. The number of hydrogen-bond acceptors (Lipinski definition) is 8. The average Bonchev–Trinajstić information content (AvgIpc) is 2.83. The number of hydrogen-bond donors (Lipinski definition) is 2. The fourth-order valence-corrected chi connectivity index (χ4v) is 6.49. The van der Waals surface area contributed by atoms with E-state index in [9.17, 15) is 21.9 Å². The Kier molecular flexibility index (Phi) is 5.94. The number of sulfone groups is 1. The molecule has 0 amide bonds. The van der Waals surface area contributed by atoms with E-state index in [-0.39, 0.29) is 23.7 Å². The molecule has 2 rings (SSSR count). The summed E-state index contributed by atoms with van der Waals surface area (Å²) in [5.74, 6) is -0.471. The maximum atomic E-state index is 13.1. The first kappa shape index (κ1) is 19.9. The number of ether oxygens (including phenoxy) is 2. The summed E-state index contributed by atoms with van der Waals surface area (Å²) in [5.41, 5.74) is 5.51. The van der Waals surface area contributed by atoms with E-state index in [1.165, 1.54) is 32.4 Å². The largest absolute Gasteiger partial charge is 0.497 e. The van der Waals surface area contributed by atoms with Gasteiger partial charge in [0.05, 0.1) is 37.9 Å². The second-order valence-corrected chi connectivity index (χ2v) is 9.65. The van der Waals surface area contributed by atoms with Crippen molar-refractivity contribution in [3.05, 3.63) is 18.2 Å². The number of rotatable bonds is 7. The molecule has 0 spiro atoms. The van der Waals surface area contributed by atoms with Gasteiger partial charge in [-0.15, -0.1) is 0 Å². The summed E-state index contributed by atoms with van der Waals surface area (Å²) in [4.78, 5) is -0.152. The topological polar surface area (TPSA) is 136 Å². The van der Waals surface area contributed by atoms with E-state index < -0.39 is 43.5 Å². The molecule has 0 unspecified atom stereocenters. The predicted octanol–water partition coefficient (Wildman–Crippen LogP) is -1.19. The minimum atomic E-state index is -4.15. The van der Waals surface area contributed by atoms with Crippen LogP contribution >= 0.6 is 0 Å². The van der Waals surface area contributed by atoms with Crippen molar-refractivity contribution in [2.24, 2.45) is 5.73 Å². The zero-order valence-electron chi connectivity index (χ0n) is 14.0. The summed E-state index contributed by atoms with van der Waals surface area (Å²) < 4.78 is 60.9. The van der Waals surface area contributed by atoms with Crippen LogP contribution in [0.15, 0.2) is 23.1 Å². The van der Waals surface area contributed by atoms with Gasteiger partial charge in [-0.2, -0.15) is 4.31 Å². The van der Waals surface area contributed by atoms with E-state index in [1.54, 1.807) is 0 Å². The van der Waals surface area contributed by atoms with Crippen molar-refractivity contribution in [1.29, 1.82) is 0 Å². The summed E-state index contributed by atoms with van der Waals surface area (Å²) in [5, 5.41) is 10.1. The van der Waals surface area contributed by atoms with Gasteiger partial charge in [0.15, 0.2) is 9.84 Å². The third-order valence-corrected chi connectivity index (χ3v) is 7.63. The van der Waals surface area contributed by atoms with Crippen LogP contribution in [0.1, 0.15) is 0 Å².